The molecule has 0 spiro atoms. The first-order valence-corrected chi connectivity index (χ1v) is 23.8. The fourth-order valence-electron chi connectivity index (χ4n) is 6.60. The fraction of sp³-hybridized carbons (Fsp3) is 0.818. The van der Waals surface area contributed by atoms with Gasteiger partial charge >= 0.3 is 19.8 Å². The van der Waals surface area contributed by atoms with Gasteiger partial charge in [0.15, 0.2) is 6.10 Å². The topological polar surface area (TPSA) is 210 Å². The Morgan fingerprint density at radius 3 is 1.47 bits per heavy atom. The minimum absolute atomic E-state index is 0.0885. The van der Waals surface area contributed by atoms with Gasteiger partial charge in [-0.2, -0.15) is 0 Å². The van der Waals surface area contributed by atoms with E-state index in [1.54, 1.807) is 0 Å². The molecule has 1 aliphatic carbocycles. The molecule has 0 saturated heterocycles. The Kier molecular flexibility index (Phi) is 32.4. The largest absolute Gasteiger partial charge is 0.472 e. The molecule has 0 aromatic rings. The summed E-state index contributed by atoms with van der Waals surface area (Å²) in [5.41, 5.74) is 0. The van der Waals surface area contributed by atoms with Gasteiger partial charge in [-0.15, -0.1) is 0 Å². The minimum Gasteiger partial charge on any atom is -0.462 e. The van der Waals surface area contributed by atoms with E-state index in [2.05, 4.69) is 38.2 Å². The summed E-state index contributed by atoms with van der Waals surface area (Å²) in [4.78, 5) is 35.6. The number of hydrogen-bond acceptors (Lipinski definition) is 12. The minimum atomic E-state index is -5.12. The van der Waals surface area contributed by atoms with Crippen LogP contribution in [0.4, 0.5) is 0 Å². The van der Waals surface area contributed by atoms with Crippen LogP contribution < -0.4 is 0 Å². The number of phosphoric acid groups is 1. The van der Waals surface area contributed by atoms with E-state index in [9.17, 15) is 44.6 Å². The fourth-order valence-corrected chi connectivity index (χ4v) is 7.57. The van der Waals surface area contributed by atoms with Crippen LogP contribution in [0.25, 0.3) is 0 Å². The molecule has 1 fully saturated rings. The van der Waals surface area contributed by atoms with Crippen LogP contribution >= 0.6 is 7.82 Å². The Labute approximate surface area is 348 Å². The highest BCUT2D eigenvalue weighted by Gasteiger charge is 2.51. The summed E-state index contributed by atoms with van der Waals surface area (Å²) >= 11 is 0. The van der Waals surface area contributed by atoms with Crippen molar-refractivity contribution in [3.8, 4) is 0 Å². The van der Waals surface area contributed by atoms with E-state index in [1.807, 2.05) is 12.2 Å². The normalized spacial score (nSPS) is 22.8. The van der Waals surface area contributed by atoms with Crippen molar-refractivity contribution in [1.82, 2.24) is 0 Å². The molecule has 0 heterocycles. The van der Waals surface area contributed by atoms with Crippen LogP contribution in [0.2, 0.25) is 0 Å². The Bertz CT molecular complexity index is 1160. The number of aliphatic hydroxyl groups excluding tert-OH is 5. The Balaban J connectivity index is 2.51. The van der Waals surface area contributed by atoms with E-state index >= 15 is 0 Å². The number of ether oxygens (including phenoxy) is 2. The zero-order valence-corrected chi connectivity index (χ0v) is 36.5. The van der Waals surface area contributed by atoms with Gasteiger partial charge in [0.25, 0.3) is 0 Å². The number of rotatable bonds is 36. The van der Waals surface area contributed by atoms with Crippen LogP contribution in [0.3, 0.4) is 0 Å². The Morgan fingerprint density at radius 1 is 0.534 bits per heavy atom. The number of carbonyl (C=O) groups is 2. The second-order valence-electron chi connectivity index (χ2n) is 15.6. The average Bonchev–Trinajstić information content (AvgIpc) is 3.20. The van der Waals surface area contributed by atoms with Crippen LogP contribution in [0, 0.1) is 0 Å². The summed E-state index contributed by atoms with van der Waals surface area (Å²) in [6, 6.07) is 0. The summed E-state index contributed by atoms with van der Waals surface area (Å²) < 4.78 is 33.4. The van der Waals surface area contributed by atoms with Gasteiger partial charge in [0.05, 0.1) is 6.61 Å². The molecule has 1 rings (SSSR count). The first kappa shape index (κ1) is 54.1. The number of allylic oxidation sites excluding steroid dienone is 6. The molecule has 6 N–H and O–H groups in total. The van der Waals surface area contributed by atoms with E-state index in [0.717, 1.165) is 44.9 Å². The number of hydrogen-bond donors (Lipinski definition) is 6. The predicted octanol–water partition coefficient (Wildman–Crippen LogP) is 8.22. The lowest BCUT2D eigenvalue weighted by Crippen LogP contribution is -2.64. The Morgan fingerprint density at radius 2 is 0.948 bits per heavy atom. The highest BCUT2D eigenvalue weighted by atomic mass is 31.2. The van der Waals surface area contributed by atoms with Crippen LogP contribution in [-0.2, 0) is 32.7 Å². The number of unbranched alkanes of at least 4 members (excludes halogenated alkanes) is 18. The van der Waals surface area contributed by atoms with Crippen molar-refractivity contribution in [1.29, 1.82) is 0 Å². The van der Waals surface area contributed by atoms with Gasteiger partial charge in [-0.1, -0.05) is 153 Å². The summed E-state index contributed by atoms with van der Waals surface area (Å²) in [5, 5.41) is 50.0. The third-order valence-electron chi connectivity index (χ3n) is 10.2. The lowest BCUT2D eigenvalue weighted by atomic mass is 9.85. The van der Waals surface area contributed by atoms with Crippen molar-refractivity contribution in [3.05, 3.63) is 36.5 Å². The monoisotopic (exact) mass is 847 g/mol. The second-order valence-corrected chi connectivity index (χ2v) is 17.0. The van der Waals surface area contributed by atoms with Crippen LogP contribution in [0.1, 0.15) is 174 Å². The number of aliphatic hydroxyl groups is 5. The van der Waals surface area contributed by atoms with Gasteiger partial charge in [-0.25, -0.2) is 4.57 Å². The zero-order valence-electron chi connectivity index (χ0n) is 35.6. The van der Waals surface area contributed by atoms with E-state index in [1.165, 1.54) is 83.5 Å². The molecule has 0 bridgehead atoms. The van der Waals surface area contributed by atoms with Crippen LogP contribution in [0.5, 0.6) is 0 Å². The van der Waals surface area contributed by atoms with Gasteiger partial charge in [-0.3, -0.25) is 18.6 Å². The van der Waals surface area contributed by atoms with E-state index in [-0.39, 0.29) is 12.8 Å². The molecule has 0 aromatic heterocycles. The molecule has 0 radical (unpaired) electrons. The van der Waals surface area contributed by atoms with E-state index in [0.29, 0.717) is 19.3 Å². The molecule has 338 valence electrons. The zero-order chi connectivity index (χ0) is 42.9. The summed E-state index contributed by atoms with van der Waals surface area (Å²) in [6.45, 7) is 3.23. The maximum Gasteiger partial charge on any atom is 0.472 e. The van der Waals surface area contributed by atoms with Crippen molar-refractivity contribution in [2.24, 2.45) is 0 Å². The lowest BCUT2D eigenvalue weighted by Gasteiger charge is -2.41. The molecule has 1 saturated carbocycles. The summed E-state index contributed by atoms with van der Waals surface area (Å²) in [7, 11) is -5.12. The first-order chi connectivity index (χ1) is 27.9. The van der Waals surface area contributed by atoms with Gasteiger partial charge in [0.2, 0.25) is 0 Å². The second kappa shape index (κ2) is 34.7. The van der Waals surface area contributed by atoms with Crippen molar-refractivity contribution in [2.75, 3.05) is 13.2 Å². The molecule has 6 unspecified atom stereocenters. The SMILES string of the molecule is CCCCCCCC/C=C/C/C=C/C/C=C/CCCC(=O)OC[C@@H](COP(=O)(O)OC1C(O)C(O)C(O)[C@H](O)C1O)OC(=O)CCCCCCCCCCCCCC. The standard InChI is InChI=1S/C44H79O13P/c1-3-5-7-9-11-13-15-17-18-19-20-21-23-24-26-28-30-32-37(45)54-34-36(56-38(46)33-31-29-27-25-22-16-14-12-10-8-6-4-2)35-55-58(52,53)57-44-42(50)40(48)39(47)41(49)43(44)51/h17-18,20-21,24,26,36,39-44,47-51H,3-16,19,22-23,25,27-35H2,1-2H3,(H,52,53)/b18-17+,21-20+,26-24+/t36-,39?,40-,41?,42?,43?,44?/m0/s1. The summed E-state index contributed by atoms with van der Waals surface area (Å²) in [6.07, 6.45) is 25.0. The quantitative estimate of drug-likeness (QED) is 0.0152. The van der Waals surface area contributed by atoms with Crippen molar-refractivity contribution in [3.63, 3.8) is 0 Å². The van der Waals surface area contributed by atoms with E-state index < -0.39 is 75.7 Å². The van der Waals surface area contributed by atoms with Gasteiger partial charge < -0.3 is 39.9 Å². The highest BCUT2D eigenvalue weighted by molar-refractivity contribution is 7.47. The molecular weight excluding hydrogens is 767 g/mol. The molecule has 14 heteroatoms. The molecule has 8 atom stereocenters. The number of phosphoric ester groups is 1. The van der Waals surface area contributed by atoms with Crippen molar-refractivity contribution < 1.29 is 63.1 Å². The molecule has 13 nitrogen and oxygen atoms in total. The average molecular weight is 847 g/mol. The first-order valence-electron chi connectivity index (χ1n) is 22.3. The van der Waals surface area contributed by atoms with Crippen molar-refractivity contribution >= 4 is 19.8 Å². The molecular formula is C44H79O13P. The molecule has 0 aliphatic heterocycles. The molecule has 0 aromatic carbocycles. The van der Waals surface area contributed by atoms with Crippen LogP contribution in [0.15, 0.2) is 36.5 Å². The molecule has 1 aliphatic rings. The predicted molar refractivity (Wildman–Crippen MR) is 226 cm³/mol. The maximum absolute atomic E-state index is 12.8. The number of carbonyl (C=O) groups excluding carboxylic acids is 2. The van der Waals surface area contributed by atoms with Gasteiger partial charge in [0.1, 0.15) is 43.2 Å². The van der Waals surface area contributed by atoms with Crippen molar-refractivity contribution in [2.45, 2.75) is 217 Å². The number of esters is 2. The van der Waals surface area contributed by atoms with Crippen LogP contribution in [-0.4, -0.2) is 98.3 Å². The molecule has 0 amide bonds. The maximum atomic E-state index is 12.8. The Hall–Kier alpha value is -1.93. The van der Waals surface area contributed by atoms with Gasteiger partial charge in [0, 0.05) is 12.8 Å². The highest BCUT2D eigenvalue weighted by Crippen LogP contribution is 2.47. The van der Waals surface area contributed by atoms with Gasteiger partial charge in [-0.05, 0) is 44.9 Å². The third-order valence-corrected chi connectivity index (χ3v) is 11.2. The third kappa shape index (κ3) is 27.0. The lowest BCUT2D eigenvalue weighted by molar-refractivity contribution is -0.220. The molecule has 58 heavy (non-hydrogen) atoms. The van der Waals surface area contributed by atoms with E-state index in [4.69, 9.17) is 18.5 Å². The smallest absolute Gasteiger partial charge is 0.462 e. The summed E-state index contributed by atoms with van der Waals surface area (Å²) in [5.74, 6) is -1.16.